The van der Waals surface area contributed by atoms with Crippen LogP contribution >= 0.6 is 12.2 Å². The van der Waals surface area contributed by atoms with E-state index in [1.54, 1.807) is 18.2 Å². The van der Waals surface area contributed by atoms with Crippen molar-refractivity contribution in [3.63, 3.8) is 0 Å². The fraction of sp³-hybridized carbons (Fsp3) is 0.273. The fourth-order valence-corrected chi connectivity index (χ4v) is 1.97. The molecular formula is C11H9F3N2OS. The number of alkyl halides is 3. The Morgan fingerprint density at radius 2 is 1.89 bits per heavy atom. The van der Waals surface area contributed by atoms with Gasteiger partial charge in [0.2, 0.25) is 5.91 Å². The maximum atomic E-state index is 12.7. The minimum atomic E-state index is -4.58. The Kier molecular flexibility index (Phi) is 3.25. The number of carbonyl (C=O) groups excluding carboxylic acids is 1. The van der Waals surface area contributed by atoms with E-state index < -0.39 is 24.5 Å². The molecule has 1 atom stereocenters. The quantitative estimate of drug-likeness (QED) is 0.796. The van der Waals surface area contributed by atoms with Gasteiger partial charge in [0, 0.05) is 6.54 Å². The van der Waals surface area contributed by atoms with E-state index in [1.165, 1.54) is 12.1 Å². The van der Waals surface area contributed by atoms with E-state index in [0.29, 0.717) is 5.69 Å². The molecule has 0 radical (unpaired) electrons. The molecule has 3 nitrogen and oxygen atoms in total. The Morgan fingerprint density at radius 1 is 1.28 bits per heavy atom. The number of para-hydroxylation sites is 1. The van der Waals surface area contributed by atoms with Crippen LogP contribution in [0.1, 0.15) is 0 Å². The largest absolute Gasteiger partial charge is 0.402 e. The maximum Gasteiger partial charge on any atom is 0.402 e. The normalized spacial score (nSPS) is 20.8. The molecule has 1 aliphatic rings. The van der Waals surface area contributed by atoms with Gasteiger partial charge in [0.25, 0.3) is 0 Å². The van der Waals surface area contributed by atoms with Crippen LogP contribution in [0, 0.1) is 5.92 Å². The van der Waals surface area contributed by atoms with Crippen LogP contribution in [0.5, 0.6) is 0 Å². The first-order valence-electron chi connectivity index (χ1n) is 5.15. The Balaban J connectivity index is 2.34. The Morgan fingerprint density at radius 3 is 2.44 bits per heavy atom. The molecule has 1 saturated heterocycles. The smallest absolute Gasteiger partial charge is 0.361 e. The van der Waals surface area contributed by atoms with Gasteiger partial charge < -0.3 is 5.32 Å². The van der Waals surface area contributed by atoms with Crippen LogP contribution in [0.3, 0.4) is 0 Å². The molecule has 0 saturated carbocycles. The summed E-state index contributed by atoms with van der Waals surface area (Å²) in [4.78, 5) is 12.7. The molecule has 0 aromatic heterocycles. The average molecular weight is 274 g/mol. The van der Waals surface area contributed by atoms with Crippen molar-refractivity contribution in [3.8, 4) is 0 Å². The zero-order chi connectivity index (χ0) is 13.3. The van der Waals surface area contributed by atoms with Crippen LogP contribution in [0.2, 0.25) is 0 Å². The second-order valence-corrected chi connectivity index (χ2v) is 4.18. The molecule has 1 aromatic carbocycles. The lowest BCUT2D eigenvalue weighted by Crippen LogP contribution is -2.58. The maximum absolute atomic E-state index is 12.7. The number of anilines is 1. The lowest BCUT2D eigenvalue weighted by molar-refractivity contribution is -0.180. The third kappa shape index (κ3) is 2.31. The molecule has 1 unspecified atom stereocenters. The van der Waals surface area contributed by atoms with Crippen molar-refractivity contribution < 1.29 is 18.0 Å². The molecule has 1 N–H and O–H groups in total. The number of halogens is 3. The van der Waals surface area contributed by atoms with Crippen molar-refractivity contribution in [1.82, 2.24) is 5.32 Å². The van der Waals surface area contributed by atoms with E-state index in [-0.39, 0.29) is 5.11 Å². The van der Waals surface area contributed by atoms with Crippen molar-refractivity contribution in [2.75, 3.05) is 11.4 Å². The standard InChI is InChI=1S/C11H9F3N2OS/c12-11(13,14)8-6-15-10(18)16(9(8)17)7-4-2-1-3-5-7/h1-5,8H,6H2,(H,15,18). The molecule has 0 spiro atoms. The SMILES string of the molecule is O=C1C(C(F)(F)F)CNC(=S)N1c1ccccc1. The van der Waals surface area contributed by atoms with Crippen LogP contribution in [0.15, 0.2) is 30.3 Å². The summed E-state index contributed by atoms with van der Waals surface area (Å²) in [5.41, 5.74) is 0.328. The Bertz CT molecular complexity index is 475. The Hall–Kier alpha value is -1.63. The summed E-state index contributed by atoms with van der Waals surface area (Å²) in [7, 11) is 0. The van der Waals surface area contributed by atoms with E-state index in [1.807, 2.05) is 0 Å². The van der Waals surface area contributed by atoms with Gasteiger partial charge in [-0.25, -0.2) is 0 Å². The highest BCUT2D eigenvalue weighted by Crippen LogP contribution is 2.31. The molecule has 1 amide bonds. The molecule has 2 rings (SSSR count). The van der Waals surface area contributed by atoms with E-state index in [2.05, 4.69) is 5.32 Å². The minimum absolute atomic E-state index is 0.00769. The van der Waals surface area contributed by atoms with Crippen molar-refractivity contribution >= 4 is 28.9 Å². The molecule has 1 aliphatic heterocycles. The monoisotopic (exact) mass is 274 g/mol. The number of carbonyl (C=O) groups is 1. The minimum Gasteiger partial charge on any atom is -0.361 e. The molecule has 0 bridgehead atoms. The second kappa shape index (κ2) is 4.56. The zero-order valence-electron chi connectivity index (χ0n) is 9.07. The predicted octanol–water partition coefficient (Wildman–Crippen LogP) is 2.09. The molecule has 1 heterocycles. The first-order valence-corrected chi connectivity index (χ1v) is 5.55. The fourth-order valence-electron chi connectivity index (χ4n) is 1.69. The number of thiocarbonyl (C=S) groups is 1. The molecule has 1 aromatic rings. The summed E-state index contributed by atoms with van der Waals surface area (Å²) in [5.74, 6) is -3.11. The predicted molar refractivity (Wildman–Crippen MR) is 64.1 cm³/mol. The highest BCUT2D eigenvalue weighted by atomic mass is 32.1. The summed E-state index contributed by atoms with van der Waals surface area (Å²) in [5, 5.41) is 2.43. The van der Waals surface area contributed by atoms with E-state index in [0.717, 1.165) is 4.90 Å². The molecule has 96 valence electrons. The van der Waals surface area contributed by atoms with Crippen molar-refractivity contribution in [2.45, 2.75) is 6.18 Å². The van der Waals surface area contributed by atoms with Gasteiger partial charge in [-0.15, -0.1) is 0 Å². The first kappa shape index (κ1) is 12.8. The van der Waals surface area contributed by atoms with Gasteiger partial charge in [-0.3, -0.25) is 9.69 Å². The summed E-state index contributed by atoms with van der Waals surface area (Å²) in [6.07, 6.45) is -4.58. The van der Waals surface area contributed by atoms with Crippen molar-refractivity contribution in [2.24, 2.45) is 5.92 Å². The van der Waals surface area contributed by atoms with Crippen molar-refractivity contribution in [1.29, 1.82) is 0 Å². The van der Waals surface area contributed by atoms with Gasteiger partial charge >= 0.3 is 6.18 Å². The lowest BCUT2D eigenvalue weighted by atomic mass is 10.1. The van der Waals surface area contributed by atoms with Gasteiger partial charge in [-0.1, -0.05) is 18.2 Å². The number of benzene rings is 1. The first-order chi connectivity index (χ1) is 8.41. The summed E-state index contributed by atoms with van der Waals surface area (Å²) in [6, 6.07) is 8.02. The number of nitrogens with zero attached hydrogens (tertiary/aromatic N) is 1. The van der Waals surface area contributed by atoms with Crippen LogP contribution in [-0.2, 0) is 4.79 Å². The van der Waals surface area contributed by atoms with Crippen LogP contribution in [0.25, 0.3) is 0 Å². The van der Waals surface area contributed by atoms with Crippen LogP contribution < -0.4 is 10.2 Å². The molecule has 1 fully saturated rings. The van der Waals surface area contributed by atoms with Gasteiger partial charge in [0.15, 0.2) is 11.0 Å². The summed E-state index contributed by atoms with van der Waals surface area (Å²) >= 11 is 4.89. The van der Waals surface area contributed by atoms with Gasteiger partial charge in [-0.05, 0) is 24.4 Å². The number of rotatable bonds is 1. The van der Waals surface area contributed by atoms with Gasteiger partial charge in [0.05, 0.1) is 5.69 Å². The number of hydrogen-bond acceptors (Lipinski definition) is 2. The summed E-state index contributed by atoms with van der Waals surface area (Å²) < 4.78 is 38.0. The number of nitrogens with one attached hydrogen (secondary N) is 1. The lowest BCUT2D eigenvalue weighted by Gasteiger charge is -2.34. The third-order valence-corrected chi connectivity index (χ3v) is 2.92. The highest BCUT2D eigenvalue weighted by molar-refractivity contribution is 7.80. The van der Waals surface area contributed by atoms with Gasteiger partial charge in [0.1, 0.15) is 0 Å². The highest BCUT2D eigenvalue weighted by Gasteiger charge is 2.49. The topological polar surface area (TPSA) is 32.3 Å². The van der Waals surface area contributed by atoms with E-state index in [4.69, 9.17) is 12.2 Å². The number of amides is 1. The zero-order valence-corrected chi connectivity index (χ0v) is 9.89. The molecule has 0 aliphatic carbocycles. The molecule has 18 heavy (non-hydrogen) atoms. The average Bonchev–Trinajstić information content (AvgIpc) is 2.28. The summed E-state index contributed by atoms with van der Waals surface area (Å²) in [6.45, 7) is -0.509. The van der Waals surface area contributed by atoms with E-state index in [9.17, 15) is 18.0 Å². The Labute approximate surface area is 107 Å². The van der Waals surface area contributed by atoms with Crippen molar-refractivity contribution in [3.05, 3.63) is 30.3 Å². The molecule has 7 heteroatoms. The van der Waals surface area contributed by atoms with Crippen LogP contribution in [-0.4, -0.2) is 23.7 Å². The van der Waals surface area contributed by atoms with E-state index >= 15 is 0 Å². The number of hydrogen-bond donors (Lipinski definition) is 1. The van der Waals surface area contributed by atoms with Gasteiger partial charge in [-0.2, -0.15) is 13.2 Å². The third-order valence-electron chi connectivity index (χ3n) is 2.59. The molecular weight excluding hydrogens is 265 g/mol. The second-order valence-electron chi connectivity index (χ2n) is 3.79. The van der Waals surface area contributed by atoms with Crippen LogP contribution in [0.4, 0.5) is 18.9 Å².